The van der Waals surface area contributed by atoms with Gasteiger partial charge in [0, 0.05) is 24.2 Å². The molecule has 5 nitrogen and oxygen atoms in total. The third-order valence-corrected chi connectivity index (χ3v) is 3.27. The maximum absolute atomic E-state index is 12.0. The van der Waals surface area contributed by atoms with Crippen molar-refractivity contribution in [2.45, 2.75) is 20.0 Å². The summed E-state index contributed by atoms with van der Waals surface area (Å²) in [5.74, 6) is -0.389. The van der Waals surface area contributed by atoms with Crippen molar-refractivity contribution in [3.8, 4) is 11.3 Å². The van der Waals surface area contributed by atoms with E-state index in [1.807, 2.05) is 32.3 Å². The smallest absolute Gasteiger partial charge is 0.342 e. The summed E-state index contributed by atoms with van der Waals surface area (Å²) in [4.78, 5) is 12.0. The van der Waals surface area contributed by atoms with Crippen molar-refractivity contribution in [1.29, 1.82) is 0 Å². The SMILES string of the molecule is CC(C)OC(=O)c1c(-c2ccnn2C)csc1N. The molecule has 0 radical (unpaired) electrons. The van der Waals surface area contributed by atoms with Crippen molar-refractivity contribution in [2.75, 3.05) is 5.73 Å². The Labute approximate surface area is 109 Å². The normalized spacial score (nSPS) is 10.9. The van der Waals surface area contributed by atoms with E-state index in [2.05, 4.69) is 5.10 Å². The number of hydrogen-bond acceptors (Lipinski definition) is 5. The van der Waals surface area contributed by atoms with Crippen molar-refractivity contribution >= 4 is 22.3 Å². The first-order chi connectivity index (χ1) is 8.50. The zero-order valence-electron chi connectivity index (χ0n) is 10.5. The second-order valence-corrected chi connectivity index (χ2v) is 5.09. The zero-order chi connectivity index (χ0) is 13.3. The number of hydrogen-bond donors (Lipinski definition) is 1. The lowest BCUT2D eigenvalue weighted by Crippen LogP contribution is -2.13. The highest BCUT2D eigenvalue weighted by atomic mass is 32.1. The second-order valence-electron chi connectivity index (χ2n) is 4.18. The first-order valence-corrected chi connectivity index (χ1v) is 6.45. The van der Waals surface area contributed by atoms with E-state index < -0.39 is 0 Å². The van der Waals surface area contributed by atoms with Gasteiger partial charge in [-0.15, -0.1) is 11.3 Å². The molecule has 2 aromatic heterocycles. The quantitative estimate of drug-likeness (QED) is 0.864. The molecule has 2 aromatic rings. The van der Waals surface area contributed by atoms with Gasteiger partial charge in [0.15, 0.2) is 0 Å². The monoisotopic (exact) mass is 265 g/mol. The Bertz CT molecular complexity index is 572. The van der Waals surface area contributed by atoms with E-state index in [1.54, 1.807) is 10.9 Å². The predicted molar refractivity (Wildman–Crippen MR) is 71.5 cm³/mol. The van der Waals surface area contributed by atoms with Gasteiger partial charge in [-0.2, -0.15) is 5.10 Å². The Morgan fingerprint density at radius 3 is 2.83 bits per heavy atom. The van der Waals surface area contributed by atoms with Gasteiger partial charge in [0.2, 0.25) is 0 Å². The number of anilines is 1. The molecule has 18 heavy (non-hydrogen) atoms. The van der Waals surface area contributed by atoms with Crippen LogP contribution in [0.3, 0.4) is 0 Å². The summed E-state index contributed by atoms with van der Waals surface area (Å²) in [6.45, 7) is 3.62. The minimum absolute atomic E-state index is 0.170. The van der Waals surface area contributed by atoms with Gasteiger partial charge in [0.1, 0.15) is 10.6 Å². The number of aromatic nitrogens is 2. The first kappa shape index (κ1) is 12.6. The molecule has 0 aliphatic heterocycles. The molecular formula is C12H15N3O2S. The summed E-state index contributed by atoms with van der Waals surface area (Å²) >= 11 is 1.33. The number of nitrogens with zero attached hydrogens (tertiary/aromatic N) is 2. The predicted octanol–water partition coefficient (Wildman–Crippen LogP) is 2.30. The van der Waals surface area contributed by atoms with Gasteiger partial charge in [-0.05, 0) is 19.9 Å². The lowest BCUT2D eigenvalue weighted by molar-refractivity contribution is 0.0380. The van der Waals surface area contributed by atoms with Crippen LogP contribution in [0, 0.1) is 0 Å². The van der Waals surface area contributed by atoms with E-state index in [1.165, 1.54) is 11.3 Å². The fraction of sp³-hybridized carbons (Fsp3) is 0.333. The third kappa shape index (κ3) is 2.24. The molecule has 0 spiro atoms. The van der Waals surface area contributed by atoms with Gasteiger partial charge in [-0.25, -0.2) is 4.79 Å². The van der Waals surface area contributed by atoms with Crippen LogP contribution in [0.15, 0.2) is 17.6 Å². The molecule has 0 atom stereocenters. The van der Waals surface area contributed by atoms with Crippen molar-refractivity contribution in [3.63, 3.8) is 0 Å². The summed E-state index contributed by atoms with van der Waals surface area (Å²) < 4.78 is 6.91. The molecule has 6 heteroatoms. The number of nitrogens with two attached hydrogens (primary N) is 1. The number of ether oxygens (including phenoxy) is 1. The van der Waals surface area contributed by atoms with Crippen LogP contribution in [0.2, 0.25) is 0 Å². The summed E-state index contributed by atoms with van der Waals surface area (Å²) in [6.07, 6.45) is 1.51. The van der Waals surface area contributed by atoms with Crippen LogP contribution in [-0.2, 0) is 11.8 Å². The van der Waals surface area contributed by atoms with E-state index in [0.717, 1.165) is 11.3 Å². The minimum atomic E-state index is -0.389. The van der Waals surface area contributed by atoms with Crippen LogP contribution < -0.4 is 5.73 Å². The second kappa shape index (κ2) is 4.81. The van der Waals surface area contributed by atoms with E-state index in [9.17, 15) is 4.79 Å². The zero-order valence-corrected chi connectivity index (χ0v) is 11.3. The minimum Gasteiger partial charge on any atom is -0.459 e. The van der Waals surface area contributed by atoms with Crippen molar-refractivity contribution < 1.29 is 9.53 Å². The Morgan fingerprint density at radius 2 is 2.28 bits per heavy atom. The molecule has 2 heterocycles. The Morgan fingerprint density at radius 1 is 1.56 bits per heavy atom. The van der Waals surface area contributed by atoms with Gasteiger partial charge in [-0.1, -0.05) is 0 Å². The lowest BCUT2D eigenvalue weighted by Gasteiger charge is -2.09. The fourth-order valence-corrected chi connectivity index (χ4v) is 2.48. The molecule has 0 saturated carbocycles. The Hall–Kier alpha value is -1.82. The lowest BCUT2D eigenvalue weighted by atomic mass is 10.1. The van der Waals surface area contributed by atoms with Crippen molar-refractivity contribution in [2.24, 2.45) is 7.05 Å². The Balaban J connectivity index is 2.45. The number of nitrogen functional groups attached to an aromatic ring is 1. The maximum Gasteiger partial charge on any atom is 0.342 e. The van der Waals surface area contributed by atoms with Gasteiger partial charge in [-0.3, -0.25) is 4.68 Å². The molecule has 0 aliphatic carbocycles. The molecule has 0 saturated heterocycles. The number of carbonyl (C=O) groups is 1. The number of esters is 1. The molecule has 0 unspecified atom stereocenters. The van der Waals surface area contributed by atoms with Gasteiger partial charge in [0.05, 0.1) is 11.8 Å². The summed E-state index contributed by atoms with van der Waals surface area (Å²) in [6, 6.07) is 1.84. The van der Waals surface area contributed by atoms with E-state index in [0.29, 0.717) is 10.6 Å². The molecule has 96 valence electrons. The van der Waals surface area contributed by atoms with E-state index in [-0.39, 0.29) is 12.1 Å². The summed E-state index contributed by atoms with van der Waals surface area (Å²) in [5, 5.41) is 6.41. The van der Waals surface area contributed by atoms with Crippen LogP contribution in [0.5, 0.6) is 0 Å². The number of rotatable bonds is 3. The van der Waals surface area contributed by atoms with Crippen molar-refractivity contribution in [3.05, 3.63) is 23.2 Å². The van der Waals surface area contributed by atoms with E-state index in [4.69, 9.17) is 10.5 Å². The maximum atomic E-state index is 12.0. The molecule has 0 aromatic carbocycles. The molecule has 0 aliphatic rings. The molecule has 2 rings (SSSR count). The number of thiophene rings is 1. The van der Waals surface area contributed by atoms with E-state index >= 15 is 0 Å². The summed E-state index contributed by atoms with van der Waals surface area (Å²) in [7, 11) is 1.82. The van der Waals surface area contributed by atoms with Crippen LogP contribution in [0.1, 0.15) is 24.2 Å². The third-order valence-electron chi connectivity index (χ3n) is 2.46. The molecule has 0 bridgehead atoms. The fourth-order valence-electron chi connectivity index (χ4n) is 1.68. The van der Waals surface area contributed by atoms with Crippen molar-refractivity contribution in [1.82, 2.24) is 9.78 Å². The molecule has 0 fully saturated rings. The highest BCUT2D eigenvalue weighted by molar-refractivity contribution is 7.14. The van der Waals surface area contributed by atoms with Crippen LogP contribution in [0.4, 0.5) is 5.00 Å². The topological polar surface area (TPSA) is 70.1 Å². The molecular weight excluding hydrogens is 250 g/mol. The number of carbonyl (C=O) groups excluding carboxylic acids is 1. The standard InChI is InChI=1S/C12H15N3O2S/c1-7(2)17-12(16)10-8(6-18-11(10)13)9-4-5-14-15(9)3/h4-7H,13H2,1-3H3. The van der Waals surface area contributed by atoms with Gasteiger partial charge in [0.25, 0.3) is 0 Å². The average molecular weight is 265 g/mol. The van der Waals surface area contributed by atoms with Crippen LogP contribution >= 0.6 is 11.3 Å². The van der Waals surface area contributed by atoms with Crippen LogP contribution in [0.25, 0.3) is 11.3 Å². The highest BCUT2D eigenvalue weighted by Gasteiger charge is 2.22. The summed E-state index contributed by atoms with van der Waals surface area (Å²) in [5.41, 5.74) is 7.90. The average Bonchev–Trinajstić information content (AvgIpc) is 2.83. The van der Waals surface area contributed by atoms with Gasteiger partial charge < -0.3 is 10.5 Å². The highest BCUT2D eigenvalue weighted by Crippen LogP contribution is 2.33. The number of aryl methyl sites for hydroxylation is 1. The molecule has 2 N–H and O–H groups in total. The first-order valence-electron chi connectivity index (χ1n) is 5.57. The Kier molecular flexibility index (Phi) is 3.38. The van der Waals surface area contributed by atoms with Crippen LogP contribution in [-0.4, -0.2) is 21.9 Å². The molecule has 0 amide bonds. The largest absolute Gasteiger partial charge is 0.459 e. The van der Waals surface area contributed by atoms with Gasteiger partial charge >= 0.3 is 5.97 Å².